The zero-order chi connectivity index (χ0) is 13.0. The normalized spacial score (nSPS) is 19.7. The van der Waals surface area contributed by atoms with Crippen molar-refractivity contribution in [1.82, 2.24) is 4.90 Å². The third-order valence-electron chi connectivity index (χ3n) is 3.36. The van der Waals surface area contributed by atoms with E-state index in [0.717, 1.165) is 19.5 Å². The Balaban J connectivity index is 2.17. The Bertz CT molecular complexity index is 417. The highest BCUT2D eigenvalue weighted by atomic mass is 16.5. The molecule has 1 aliphatic rings. The predicted molar refractivity (Wildman–Crippen MR) is 71.9 cm³/mol. The lowest BCUT2D eigenvalue weighted by atomic mass is 9.99. The molecule has 0 aliphatic carbocycles. The van der Waals surface area contributed by atoms with E-state index in [9.17, 15) is 4.79 Å². The number of carbonyl (C=O) groups is 1. The van der Waals surface area contributed by atoms with Gasteiger partial charge in [0.05, 0.1) is 12.2 Å². The smallest absolute Gasteiger partial charge is 0.257 e. The SMILES string of the molecule is CCOc1ccccc1C(=O)N1CCC[C@H](C)C1. The summed E-state index contributed by atoms with van der Waals surface area (Å²) in [6, 6.07) is 7.51. The van der Waals surface area contributed by atoms with Gasteiger partial charge in [0, 0.05) is 13.1 Å². The number of carbonyl (C=O) groups excluding carboxylic acids is 1. The highest BCUT2D eigenvalue weighted by Crippen LogP contribution is 2.23. The summed E-state index contributed by atoms with van der Waals surface area (Å²) in [4.78, 5) is 14.4. The number of amides is 1. The van der Waals surface area contributed by atoms with E-state index in [1.165, 1.54) is 6.42 Å². The summed E-state index contributed by atoms with van der Waals surface area (Å²) >= 11 is 0. The van der Waals surface area contributed by atoms with Crippen molar-refractivity contribution in [3.8, 4) is 5.75 Å². The van der Waals surface area contributed by atoms with Crippen molar-refractivity contribution in [3.63, 3.8) is 0 Å². The number of para-hydroxylation sites is 1. The predicted octanol–water partition coefficient (Wildman–Crippen LogP) is 2.96. The van der Waals surface area contributed by atoms with Crippen LogP contribution in [0.4, 0.5) is 0 Å². The topological polar surface area (TPSA) is 29.5 Å². The van der Waals surface area contributed by atoms with E-state index >= 15 is 0 Å². The minimum Gasteiger partial charge on any atom is -0.493 e. The summed E-state index contributed by atoms with van der Waals surface area (Å²) in [7, 11) is 0. The van der Waals surface area contributed by atoms with Gasteiger partial charge in [-0.25, -0.2) is 0 Å². The number of benzene rings is 1. The maximum Gasteiger partial charge on any atom is 0.257 e. The summed E-state index contributed by atoms with van der Waals surface area (Å²) in [5.74, 6) is 1.40. The molecule has 0 saturated carbocycles. The molecule has 0 bridgehead atoms. The van der Waals surface area contributed by atoms with Gasteiger partial charge in [0.25, 0.3) is 5.91 Å². The van der Waals surface area contributed by atoms with E-state index in [4.69, 9.17) is 4.74 Å². The first-order chi connectivity index (χ1) is 8.72. The largest absolute Gasteiger partial charge is 0.493 e. The summed E-state index contributed by atoms with van der Waals surface area (Å²) in [6.07, 6.45) is 2.32. The molecule has 1 aliphatic heterocycles. The van der Waals surface area contributed by atoms with Crippen LogP contribution in [0.25, 0.3) is 0 Å². The van der Waals surface area contributed by atoms with E-state index in [1.807, 2.05) is 36.1 Å². The maximum atomic E-state index is 12.5. The van der Waals surface area contributed by atoms with Crippen LogP contribution < -0.4 is 4.74 Å². The molecule has 1 aromatic carbocycles. The van der Waals surface area contributed by atoms with Crippen LogP contribution in [0, 0.1) is 5.92 Å². The second kappa shape index (κ2) is 5.89. The quantitative estimate of drug-likeness (QED) is 0.822. The molecule has 0 unspecified atom stereocenters. The third kappa shape index (κ3) is 2.84. The molecular formula is C15H21NO2. The second-order valence-electron chi connectivity index (χ2n) is 4.93. The molecule has 18 heavy (non-hydrogen) atoms. The molecule has 1 atom stereocenters. The molecule has 1 fully saturated rings. The molecule has 1 heterocycles. The van der Waals surface area contributed by atoms with Crippen molar-refractivity contribution in [2.75, 3.05) is 19.7 Å². The molecule has 3 heteroatoms. The Morgan fingerprint density at radius 3 is 2.94 bits per heavy atom. The number of rotatable bonds is 3. The van der Waals surface area contributed by atoms with Crippen LogP contribution in [0.3, 0.4) is 0 Å². The highest BCUT2D eigenvalue weighted by molar-refractivity contribution is 5.97. The fourth-order valence-corrected chi connectivity index (χ4v) is 2.47. The lowest BCUT2D eigenvalue weighted by Gasteiger charge is -2.31. The van der Waals surface area contributed by atoms with Gasteiger partial charge in [-0.3, -0.25) is 4.79 Å². The first-order valence-corrected chi connectivity index (χ1v) is 6.73. The van der Waals surface area contributed by atoms with Gasteiger partial charge in [-0.1, -0.05) is 19.1 Å². The Kier molecular flexibility index (Phi) is 4.24. The van der Waals surface area contributed by atoms with E-state index in [-0.39, 0.29) is 5.91 Å². The van der Waals surface area contributed by atoms with E-state index in [0.29, 0.717) is 23.8 Å². The minimum absolute atomic E-state index is 0.102. The zero-order valence-electron chi connectivity index (χ0n) is 11.2. The van der Waals surface area contributed by atoms with Crippen molar-refractivity contribution in [3.05, 3.63) is 29.8 Å². The highest BCUT2D eigenvalue weighted by Gasteiger charge is 2.23. The van der Waals surface area contributed by atoms with Gasteiger partial charge < -0.3 is 9.64 Å². The van der Waals surface area contributed by atoms with Crippen LogP contribution in [0.1, 0.15) is 37.0 Å². The van der Waals surface area contributed by atoms with E-state index in [1.54, 1.807) is 0 Å². The minimum atomic E-state index is 0.102. The van der Waals surface area contributed by atoms with Gasteiger partial charge in [0.2, 0.25) is 0 Å². The molecule has 98 valence electrons. The maximum absolute atomic E-state index is 12.5. The fourth-order valence-electron chi connectivity index (χ4n) is 2.47. The first-order valence-electron chi connectivity index (χ1n) is 6.73. The van der Waals surface area contributed by atoms with E-state index in [2.05, 4.69) is 6.92 Å². The van der Waals surface area contributed by atoms with Crippen molar-refractivity contribution in [2.24, 2.45) is 5.92 Å². The van der Waals surface area contributed by atoms with Crippen LogP contribution in [0.5, 0.6) is 5.75 Å². The molecule has 0 radical (unpaired) electrons. The molecule has 1 amide bonds. The Morgan fingerprint density at radius 2 is 2.22 bits per heavy atom. The molecule has 0 aromatic heterocycles. The van der Waals surface area contributed by atoms with Crippen LogP contribution in [-0.4, -0.2) is 30.5 Å². The van der Waals surface area contributed by atoms with Gasteiger partial charge in [-0.2, -0.15) is 0 Å². The van der Waals surface area contributed by atoms with Crippen LogP contribution >= 0.6 is 0 Å². The van der Waals surface area contributed by atoms with Gasteiger partial charge in [-0.15, -0.1) is 0 Å². The molecule has 0 spiro atoms. The van der Waals surface area contributed by atoms with Crippen LogP contribution in [0.15, 0.2) is 24.3 Å². The number of hydrogen-bond acceptors (Lipinski definition) is 2. The summed E-state index contributed by atoms with van der Waals surface area (Å²) < 4.78 is 5.53. The molecular weight excluding hydrogens is 226 g/mol. The van der Waals surface area contributed by atoms with E-state index < -0.39 is 0 Å². The van der Waals surface area contributed by atoms with Crippen molar-refractivity contribution >= 4 is 5.91 Å². The van der Waals surface area contributed by atoms with Crippen molar-refractivity contribution in [1.29, 1.82) is 0 Å². The van der Waals surface area contributed by atoms with Gasteiger partial charge in [0.15, 0.2) is 0 Å². The van der Waals surface area contributed by atoms with Crippen molar-refractivity contribution in [2.45, 2.75) is 26.7 Å². The van der Waals surface area contributed by atoms with Gasteiger partial charge >= 0.3 is 0 Å². The van der Waals surface area contributed by atoms with Gasteiger partial charge in [-0.05, 0) is 37.8 Å². The van der Waals surface area contributed by atoms with Crippen LogP contribution in [0.2, 0.25) is 0 Å². The lowest BCUT2D eigenvalue weighted by molar-refractivity contribution is 0.0679. The van der Waals surface area contributed by atoms with Crippen LogP contribution in [-0.2, 0) is 0 Å². The number of nitrogens with zero attached hydrogens (tertiary/aromatic N) is 1. The molecule has 3 nitrogen and oxygen atoms in total. The standard InChI is InChI=1S/C15H21NO2/c1-3-18-14-9-5-4-8-13(14)15(17)16-10-6-7-12(2)11-16/h4-5,8-9,12H,3,6-7,10-11H2,1-2H3/t12-/m0/s1. The molecule has 1 aromatic rings. The molecule has 1 saturated heterocycles. The van der Waals surface area contributed by atoms with Crippen molar-refractivity contribution < 1.29 is 9.53 Å². The van der Waals surface area contributed by atoms with Gasteiger partial charge in [0.1, 0.15) is 5.75 Å². The number of likely N-dealkylation sites (tertiary alicyclic amines) is 1. The average Bonchev–Trinajstić information content (AvgIpc) is 2.39. The number of hydrogen-bond donors (Lipinski definition) is 0. The summed E-state index contributed by atoms with van der Waals surface area (Å²) in [5, 5.41) is 0. The second-order valence-corrected chi connectivity index (χ2v) is 4.93. The third-order valence-corrected chi connectivity index (χ3v) is 3.36. The molecule has 0 N–H and O–H groups in total. The zero-order valence-corrected chi connectivity index (χ0v) is 11.2. The average molecular weight is 247 g/mol. The molecule has 2 rings (SSSR count). The Hall–Kier alpha value is -1.51. The first kappa shape index (κ1) is 12.9. The Labute approximate surface area is 109 Å². The lowest BCUT2D eigenvalue weighted by Crippen LogP contribution is -2.39. The number of piperidine rings is 1. The monoisotopic (exact) mass is 247 g/mol. The number of ether oxygens (including phenoxy) is 1. The summed E-state index contributed by atoms with van der Waals surface area (Å²) in [6.45, 7) is 6.45. The Morgan fingerprint density at radius 1 is 1.44 bits per heavy atom. The fraction of sp³-hybridized carbons (Fsp3) is 0.533. The summed E-state index contributed by atoms with van der Waals surface area (Å²) in [5.41, 5.74) is 0.688.